The number of ether oxygens (including phenoxy) is 1. The largest absolute Gasteiger partial charge is 0.452 e. The molecule has 27 heavy (non-hydrogen) atoms. The van der Waals surface area contributed by atoms with Gasteiger partial charge in [0.15, 0.2) is 16.4 Å². The van der Waals surface area contributed by atoms with Gasteiger partial charge in [-0.3, -0.25) is 4.79 Å². The smallest absolute Gasteiger partial charge is 0.338 e. The van der Waals surface area contributed by atoms with E-state index in [0.29, 0.717) is 18.5 Å². The summed E-state index contributed by atoms with van der Waals surface area (Å²) in [6.45, 7) is 7.66. The lowest BCUT2D eigenvalue weighted by Crippen LogP contribution is -2.43. The van der Waals surface area contributed by atoms with Crippen molar-refractivity contribution in [1.29, 1.82) is 0 Å². The van der Waals surface area contributed by atoms with Crippen LogP contribution in [0.2, 0.25) is 0 Å². The van der Waals surface area contributed by atoms with Gasteiger partial charge in [-0.1, -0.05) is 0 Å². The van der Waals surface area contributed by atoms with Crippen LogP contribution in [0.3, 0.4) is 0 Å². The van der Waals surface area contributed by atoms with Crippen LogP contribution < -0.4 is 4.90 Å². The predicted octanol–water partition coefficient (Wildman–Crippen LogP) is 1.73. The minimum atomic E-state index is -3.08. The lowest BCUT2D eigenvalue weighted by atomic mass is 10.2. The molecule has 0 spiro atoms. The van der Waals surface area contributed by atoms with Crippen LogP contribution in [0.4, 0.5) is 5.69 Å². The molecule has 0 aliphatic carbocycles. The van der Waals surface area contributed by atoms with E-state index < -0.39 is 15.8 Å². The Balaban J connectivity index is 1.93. The Morgan fingerprint density at radius 2 is 1.70 bits per heavy atom. The number of anilines is 1. The molecule has 0 N–H and O–H groups in total. The molecule has 1 unspecified atom stereocenters. The summed E-state index contributed by atoms with van der Waals surface area (Å²) in [5.74, 6) is -0.856. The molecule has 0 aromatic heterocycles. The Kier molecular flexibility index (Phi) is 7.24. The van der Waals surface area contributed by atoms with Gasteiger partial charge in [0, 0.05) is 31.4 Å². The van der Waals surface area contributed by atoms with Gasteiger partial charge < -0.3 is 14.5 Å². The van der Waals surface area contributed by atoms with E-state index in [1.807, 2.05) is 12.1 Å². The van der Waals surface area contributed by atoms with Gasteiger partial charge in [-0.05, 0) is 51.5 Å². The lowest BCUT2D eigenvalue weighted by molar-refractivity contribution is -0.136. The number of rotatable bonds is 8. The number of amides is 1. The number of likely N-dealkylation sites (N-methyl/N-ethyl adjacent to an activating group) is 1. The second kappa shape index (κ2) is 9.21. The summed E-state index contributed by atoms with van der Waals surface area (Å²) in [5.41, 5.74) is 1.40. The second-order valence-corrected chi connectivity index (χ2v) is 8.76. The van der Waals surface area contributed by atoms with Crippen molar-refractivity contribution in [3.8, 4) is 0 Å². The molecular formula is C19H28N2O5S. The number of hydrogen-bond donors (Lipinski definition) is 0. The average molecular weight is 397 g/mol. The van der Waals surface area contributed by atoms with Crippen LogP contribution >= 0.6 is 0 Å². The number of benzene rings is 1. The van der Waals surface area contributed by atoms with Gasteiger partial charge in [-0.2, -0.15) is 0 Å². The molecule has 1 heterocycles. The first-order valence-electron chi connectivity index (χ1n) is 9.33. The highest BCUT2D eigenvalue weighted by molar-refractivity contribution is 7.91. The number of sulfone groups is 1. The quantitative estimate of drug-likeness (QED) is 0.622. The van der Waals surface area contributed by atoms with Crippen molar-refractivity contribution in [2.75, 3.05) is 42.6 Å². The average Bonchev–Trinajstić information content (AvgIpc) is 3.01. The van der Waals surface area contributed by atoms with Crippen LogP contribution in [0.5, 0.6) is 0 Å². The van der Waals surface area contributed by atoms with Crippen molar-refractivity contribution in [2.24, 2.45) is 0 Å². The monoisotopic (exact) mass is 396 g/mol. The van der Waals surface area contributed by atoms with Crippen molar-refractivity contribution in [3.63, 3.8) is 0 Å². The fourth-order valence-electron chi connectivity index (χ4n) is 3.35. The summed E-state index contributed by atoms with van der Waals surface area (Å²) in [6.07, 6.45) is 0.433. The van der Waals surface area contributed by atoms with E-state index in [-0.39, 0.29) is 30.1 Å². The molecule has 1 aromatic rings. The summed E-state index contributed by atoms with van der Waals surface area (Å²) in [6, 6.07) is 6.74. The van der Waals surface area contributed by atoms with E-state index >= 15 is 0 Å². The molecule has 8 heteroatoms. The summed E-state index contributed by atoms with van der Waals surface area (Å²) in [5, 5.41) is 0. The van der Waals surface area contributed by atoms with Crippen molar-refractivity contribution in [2.45, 2.75) is 33.2 Å². The summed E-state index contributed by atoms with van der Waals surface area (Å²) in [7, 11) is -3.08. The highest BCUT2D eigenvalue weighted by atomic mass is 32.2. The summed E-state index contributed by atoms with van der Waals surface area (Å²) < 4.78 is 28.4. The first-order valence-corrected chi connectivity index (χ1v) is 11.1. The van der Waals surface area contributed by atoms with Gasteiger partial charge in [-0.15, -0.1) is 0 Å². The maximum Gasteiger partial charge on any atom is 0.338 e. The molecule has 0 bridgehead atoms. The zero-order valence-electron chi connectivity index (χ0n) is 16.2. The summed E-state index contributed by atoms with van der Waals surface area (Å²) in [4.78, 5) is 28.2. The van der Waals surface area contributed by atoms with E-state index in [9.17, 15) is 18.0 Å². The summed E-state index contributed by atoms with van der Waals surface area (Å²) >= 11 is 0. The van der Waals surface area contributed by atoms with Crippen LogP contribution in [0, 0.1) is 0 Å². The third kappa shape index (κ3) is 5.45. The van der Waals surface area contributed by atoms with Gasteiger partial charge in [0.2, 0.25) is 0 Å². The minimum Gasteiger partial charge on any atom is -0.452 e. The van der Waals surface area contributed by atoms with E-state index in [1.165, 1.54) is 4.90 Å². The Bertz CT molecular complexity index is 757. The molecule has 1 fully saturated rings. The molecule has 2 rings (SSSR count). The molecular weight excluding hydrogens is 368 g/mol. The molecule has 1 aromatic carbocycles. The number of esters is 1. The molecule has 1 atom stereocenters. The first kappa shape index (κ1) is 21.2. The molecule has 1 aliphatic heterocycles. The Morgan fingerprint density at radius 1 is 1.07 bits per heavy atom. The molecule has 1 saturated heterocycles. The van der Waals surface area contributed by atoms with Gasteiger partial charge in [0.25, 0.3) is 5.91 Å². The Hall–Kier alpha value is -2.09. The molecule has 0 radical (unpaired) electrons. The molecule has 1 aliphatic rings. The number of hydrogen-bond acceptors (Lipinski definition) is 6. The Labute approximate surface area is 161 Å². The zero-order valence-corrected chi connectivity index (χ0v) is 17.0. The predicted molar refractivity (Wildman–Crippen MR) is 105 cm³/mol. The molecule has 1 amide bonds. The fraction of sp³-hybridized carbons (Fsp3) is 0.579. The highest BCUT2D eigenvalue weighted by Crippen LogP contribution is 2.18. The second-order valence-electron chi connectivity index (χ2n) is 6.53. The molecule has 150 valence electrons. The minimum absolute atomic E-state index is 0.0205. The van der Waals surface area contributed by atoms with Crippen LogP contribution in [-0.2, 0) is 19.4 Å². The van der Waals surface area contributed by atoms with Crippen LogP contribution in [0.15, 0.2) is 24.3 Å². The normalized spacial score (nSPS) is 18.1. The molecule has 0 saturated carbocycles. The van der Waals surface area contributed by atoms with Crippen molar-refractivity contribution < 1.29 is 22.7 Å². The maximum atomic E-state index is 12.4. The van der Waals surface area contributed by atoms with Gasteiger partial charge >= 0.3 is 5.97 Å². The van der Waals surface area contributed by atoms with Crippen molar-refractivity contribution in [1.82, 2.24) is 4.90 Å². The fourth-order valence-corrected chi connectivity index (χ4v) is 5.08. The number of carbonyl (C=O) groups excluding carboxylic acids is 2. The van der Waals surface area contributed by atoms with Crippen molar-refractivity contribution >= 4 is 27.4 Å². The Morgan fingerprint density at radius 3 is 2.19 bits per heavy atom. The third-order valence-corrected chi connectivity index (χ3v) is 6.62. The van der Waals surface area contributed by atoms with Crippen LogP contribution in [-0.4, -0.2) is 69.0 Å². The standard InChI is InChI=1S/C19H28N2O5S/c1-4-20(5-2)16-9-7-15(8-10-16)19(23)26-13-18(22)21(6-3)17-11-12-27(24,25)14-17/h7-10,17H,4-6,11-14H2,1-3H3. The van der Waals surface area contributed by atoms with E-state index in [0.717, 1.165) is 18.8 Å². The topological polar surface area (TPSA) is 84.0 Å². The van der Waals surface area contributed by atoms with Gasteiger partial charge in [-0.25, -0.2) is 13.2 Å². The van der Waals surface area contributed by atoms with Gasteiger partial charge in [0.05, 0.1) is 17.1 Å². The number of nitrogens with zero attached hydrogens (tertiary/aromatic N) is 2. The highest BCUT2D eigenvalue weighted by Gasteiger charge is 2.34. The van der Waals surface area contributed by atoms with E-state index in [1.54, 1.807) is 19.1 Å². The van der Waals surface area contributed by atoms with Crippen LogP contribution in [0.1, 0.15) is 37.6 Å². The van der Waals surface area contributed by atoms with Crippen molar-refractivity contribution in [3.05, 3.63) is 29.8 Å². The first-order chi connectivity index (χ1) is 12.8. The number of carbonyl (C=O) groups is 2. The molecule has 7 nitrogen and oxygen atoms in total. The van der Waals surface area contributed by atoms with E-state index in [4.69, 9.17) is 4.74 Å². The SMILES string of the molecule is CCN(CC)c1ccc(C(=O)OCC(=O)N(CC)C2CCS(=O)(=O)C2)cc1. The van der Waals surface area contributed by atoms with Gasteiger partial charge in [0.1, 0.15) is 0 Å². The van der Waals surface area contributed by atoms with E-state index in [2.05, 4.69) is 18.7 Å². The van der Waals surface area contributed by atoms with Crippen LogP contribution in [0.25, 0.3) is 0 Å². The zero-order chi connectivity index (χ0) is 20.0. The lowest BCUT2D eigenvalue weighted by Gasteiger charge is -2.26. The maximum absolute atomic E-state index is 12.4. The third-order valence-electron chi connectivity index (χ3n) is 4.87.